The maximum atomic E-state index is 12.2. The average Bonchev–Trinajstić information content (AvgIpc) is 3.21. The first kappa shape index (κ1) is 17.8. The lowest BCUT2D eigenvalue weighted by atomic mass is 10.2. The summed E-state index contributed by atoms with van der Waals surface area (Å²) in [5.74, 6) is -0.322. The summed E-state index contributed by atoms with van der Waals surface area (Å²) >= 11 is 0.868. The van der Waals surface area contributed by atoms with Crippen molar-refractivity contribution in [3.05, 3.63) is 80.0 Å². The molecule has 0 saturated heterocycles. The second-order valence-electron chi connectivity index (χ2n) is 5.87. The molecule has 0 radical (unpaired) electrons. The van der Waals surface area contributed by atoms with E-state index in [-0.39, 0.29) is 10.9 Å². The maximum absolute atomic E-state index is 12.2. The van der Waals surface area contributed by atoms with Crippen LogP contribution in [0.3, 0.4) is 0 Å². The van der Waals surface area contributed by atoms with E-state index in [1.54, 1.807) is 0 Å². The van der Waals surface area contributed by atoms with E-state index in [4.69, 9.17) is 0 Å². The molecule has 26 heavy (non-hydrogen) atoms. The molecule has 0 bridgehead atoms. The largest absolute Gasteiger partial charge is 0.347 e. The van der Waals surface area contributed by atoms with E-state index in [0.717, 1.165) is 33.9 Å². The monoisotopic (exact) mass is 370 g/mol. The summed E-state index contributed by atoms with van der Waals surface area (Å²) in [5.41, 5.74) is 3.96. The summed E-state index contributed by atoms with van der Waals surface area (Å²) in [7, 11) is 0. The number of carbonyl (C=O) groups excluding carboxylic acids is 1. The van der Waals surface area contributed by atoms with Gasteiger partial charge in [0.1, 0.15) is 0 Å². The summed E-state index contributed by atoms with van der Waals surface area (Å²) in [6.07, 6.45) is 0. The van der Waals surface area contributed by atoms with Crippen LogP contribution in [0.4, 0.5) is 5.00 Å². The molecule has 0 fully saturated rings. The fourth-order valence-electron chi connectivity index (χ4n) is 2.70. The Bertz CT molecular complexity index is 947. The van der Waals surface area contributed by atoms with Gasteiger partial charge in [0.2, 0.25) is 0 Å². The molecule has 1 N–H and O–H groups in total. The van der Waals surface area contributed by atoms with Crippen LogP contribution < -0.4 is 5.32 Å². The highest BCUT2D eigenvalue weighted by Gasteiger charge is 2.17. The van der Waals surface area contributed by atoms with Gasteiger partial charge in [0.15, 0.2) is 0 Å². The van der Waals surface area contributed by atoms with Crippen molar-refractivity contribution in [1.82, 2.24) is 15.1 Å². The van der Waals surface area contributed by atoms with E-state index < -0.39 is 4.92 Å². The number of hydrogen-bond acceptors (Lipinski definition) is 5. The molecule has 2 aromatic heterocycles. The lowest BCUT2D eigenvalue weighted by Crippen LogP contribution is -2.22. The van der Waals surface area contributed by atoms with Crippen molar-refractivity contribution in [1.29, 1.82) is 0 Å². The van der Waals surface area contributed by atoms with Gasteiger partial charge in [-0.2, -0.15) is 5.10 Å². The van der Waals surface area contributed by atoms with Gasteiger partial charge in [-0.05, 0) is 25.5 Å². The Labute approximate surface area is 154 Å². The fraction of sp³-hybridized carbons (Fsp3) is 0.222. The van der Waals surface area contributed by atoms with Gasteiger partial charge in [-0.3, -0.25) is 19.6 Å². The van der Waals surface area contributed by atoms with Crippen LogP contribution in [-0.4, -0.2) is 20.6 Å². The molecule has 1 amide bonds. The number of rotatable bonds is 6. The van der Waals surface area contributed by atoms with Gasteiger partial charge >= 0.3 is 5.00 Å². The van der Waals surface area contributed by atoms with E-state index in [1.807, 2.05) is 48.9 Å². The summed E-state index contributed by atoms with van der Waals surface area (Å²) in [5, 5.41) is 18.1. The summed E-state index contributed by atoms with van der Waals surface area (Å²) < 4.78 is 1.92. The molecule has 0 unspecified atom stereocenters. The normalized spacial score (nSPS) is 10.7. The number of aromatic nitrogens is 2. The van der Waals surface area contributed by atoms with Crippen molar-refractivity contribution in [3.8, 4) is 0 Å². The molecule has 134 valence electrons. The molecule has 0 aliphatic carbocycles. The van der Waals surface area contributed by atoms with E-state index in [2.05, 4.69) is 10.4 Å². The smallest absolute Gasteiger partial charge is 0.324 e. The van der Waals surface area contributed by atoms with Crippen LogP contribution in [0.2, 0.25) is 0 Å². The minimum absolute atomic E-state index is 0.0433. The van der Waals surface area contributed by atoms with E-state index in [0.29, 0.717) is 18.0 Å². The number of hydrogen-bond donors (Lipinski definition) is 1. The number of nitrogens with one attached hydrogen (secondary N) is 1. The lowest BCUT2D eigenvalue weighted by molar-refractivity contribution is -0.380. The molecule has 8 heteroatoms. The first-order valence-corrected chi connectivity index (χ1v) is 8.86. The second-order valence-corrected chi connectivity index (χ2v) is 6.93. The van der Waals surface area contributed by atoms with E-state index in [1.165, 1.54) is 12.1 Å². The number of aryl methyl sites for hydroxylation is 1. The fourth-order valence-corrected chi connectivity index (χ4v) is 3.44. The summed E-state index contributed by atoms with van der Waals surface area (Å²) in [6, 6.07) is 12.8. The number of carbonyl (C=O) groups is 1. The molecule has 3 rings (SSSR count). The summed E-state index contributed by atoms with van der Waals surface area (Å²) in [4.78, 5) is 22.8. The first-order chi connectivity index (χ1) is 12.5. The standard InChI is InChI=1S/C18H18N4O3S/c1-12-15(10-19-18(23)16-8-9-17(26-16)22(24)25)13(2)21(20-12)11-14-6-4-3-5-7-14/h3-9H,10-11H2,1-2H3,(H,19,23). The van der Waals surface area contributed by atoms with Gasteiger partial charge in [-0.1, -0.05) is 41.7 Å². The molecular formula is C18H18N4O3S. The number of thiophene rings is 1. The molecule has 1 aromatic carbocycles. The quantitative estimate of drug-likeness (QED) is 0.531. The third kappa shape index (κ3) is 3.80. The molecule has 0 aliphatic heterocycles. The maximum Gasteiger partial charge on any atom is 0.324 e. The van der Waals surface area contributed by atoms with Crippen molar-refractivity contribution in [2.24, 2.45) is 0 Å². The highest BCUT2D eigenvalue weighted by atomic mass is 32.1. The van der Waals surface area contributed by atoms with Crippen molar-refractivity contribution in [2.75, 3.05) is 0 Å². The Kier molecular flexibility index (Phi) is 5.13. The topological polar surface area (TPSA) is 90.1 Å². The Morgan fingerprint density at radius 2 is 1.96 bits per heavy atom. The Morgan fingerprint density at radius 3 is 2.62 bits per heavy atom. The van der Waals surface area contributed by atoms with Crippen LogP contribution >= 0.6 is 11.3 Å². The van der Waals surface area contributed by atoms with Crippen molar-refractivity contribution >= 4 is 22.2 Å². The molecule has 0 spiro atoms. The SMILES string of the molecule is Cc1nn(Cc2ccccc2)c(C)c1CNC(=O)c1ccc([N+](=O)[O-])s1. The molecule has 7 nitrogen and oxygen atoms in total. The molecule has 0 aliphatic rings. The molecule has 0 atom stereocenters. The van der Waals surface area contributed by atoms with Crippen molar-refractivity contribution in [2.45, 2.75) is 26.9 Å². The van der Waals surface area contributed by atoms with Gasteiger partial charge in [-0.15, -0.1) is 0 Å². The Hall–Kier alpha value is -3.00. The van der Waals surface area contributed by atoms with Crippen LogP contribution in [0.25, 0.3) is 0 Å². The zero-order chi connectivity index (χ0) is 18.7. The van der Waals surface area contributed by atoms with Gasteiger partial charge in [0.25, 0.3) is 5.91 Å². The third-order valence-corrected chi connectivity index (χ3v) is 5.16. The highest BCUT2D eigenvalue weighted by molar-refractivity contribution is 7.17. The van der Waals surface area contributed by atoms with Gasteiger partial charge in [0.05, 0.1) is 22.0 Å². The van der Waals surface area contributed by atoms with Gasteiger partial charge < -0.3 is 5.32 Å². The number of amides is 1. The lowest BCUT2D eigenvalue weighted by Gasteiger charge is -2.07. The van der Waals surface area contributed by atoms with Crippen molar-refractivity contribution < 1.29 is 9.72 Å². The predicted octanol–water partition coefficient (Wildman–Crippen LogP) is 3.45. The molecule has 3 aromatic rings. The Morgan fingerprint density at radius 1 is 1.23 bits per heavy atom. The van der Waals surface area contributed by atoms with Crippen LogP contribution in [0.1, 0.15) is 32.2 Å². The van der Waals surface area contributed by atoms with Crippen LogP contribution in [-0.2, 0) is 13.1 Å². The molecule has 0 saturated carbocycles. The first-order valence-electron chi connectivity index (χ1n) is 8.05. The third-order valence-electron chi connectivity index (χ3n) is 4.13. The highest BCUT2D eigenvalue weighted by Crippen LogP contribution is 2.24. The van der Waals surface area contributed by atoms with Crippen LogP contribution in [0, 0.1) is 24.0 Å². The van der Waals surface area contributed by atoms with Gasteiger partial charge in [-0.25, -0.2) is 0 Å². The molecular weight excluding hydrogens is 352 g/mol. The average molecular weight is 370 g/mol. The zero-order valence-electron chi connectivity index (χ0n) is 14.4. The van der Waals surface area contributed by atoms with E-state index >= 15 is 0 Å². The van der Waals surface area contributed by atoms with Gasteiger partial charge in [0, 0.05) is 23.9 Å². The van der Waals surface area contributed by atoms with Crippen LogP contribution in [0.15, 0.2) is 42.5 Å². The van der Waals surface area contributed by atoms with E-state index in [9.17, 15) is 14.9 Å². The van der Waals surface area contributed by atoms with Crippen LogP contribution in [0.5, 0.6) is 0 Å². The second kappa shape index (κ2) is 7.49. The zero-order valence-corrected chi connectivity index (χ0v) is 15.2. The molecule has 2 heterocycles. The number of nitrogens with zero attached hydrogens (tertiary/aromatic N) is 3. The minimum Gasteiger partial charge on any atom is -0.347 e. The Balaban J connectivity index is 1.69. The van der Waals surface area contributed by atoms with Crippen molar-refractivity contribution in [3.63, 3.8) is 0 Å². The minimum atomic E-state index is -0.497. The number of benzene rings is 1. The summed E-state index contributed by atoms with van der Waals surface area (Å²) in [6.45, 7) is 4.88. The number of nitro groups is 1. The predicted molar refractivity (Wildman–Crippen MR) is 99.4 cm³/mol.